The van der Waals surface area contributed by atoms with E-state index in [1.165, 1.54) is 6.07 Å². The number of rotatable bonds is 3. The molecule has 1 spiro atoms. The maximum absolute atomic E-state index is 12.3. The van der Waals surface area contributed by atoms with E-state index in [-0.39, 0.29) is 23.0 Å². The van der Waals surface area contributed by atoms with Crippen molar-refractivity contribution in [1.29, 1.82) is 0 Å². The fraction of sp³-hybridized carbons (Fsp3) is 0.421. The first-order valence-electron chi connectivity index (χ1n) is 8.55. The molecule has 2 fully saturated rings. The van der Waals surface area contributed by atoms with Crippen LogP contribution >= 0.6 is 0 Å². The maximum Gasteiger partial charge on any atom is 0.306 e. The highest BCUT2D eigenvalue weighted by Gasteiger charge is 2.49. The number of ether oxygens (including phenoxy) is 2. The van der Waals surface area contributed by atoms with Gasteiger partial charge < -0.3 is 14.0 Å². The minimum absolute atomic E-state index is 0.107. The second-order valence-electron chi connectivity index (χ2n) is 6.75. The smallest absolute Gasteiger partial charge is 0.306 e. The van der Waals surface area contributed by atoms with Crippen molar-refractivity contribution in [2.75, 3.05) is 13.2 Å². The molecule has 1 unspecified atom stereocenters. The third-order valence-electron chi connectivity index (χ3n) is 5.25. The van der Waals surface area contributed by atoms with Gasteiger partial charge in [-0.25, -0.2) is 0 Å². The highest BCUT2D eigenvalue weighted by molar-refractivity contribution is 5.73. The molecule has 6 nitrogen and oxygen atoms in total. The van der Waals surface area contributed by atoms with Gasteiger partial charge in [-0.15, -0.1) is 0 Å². The first kappa shape index (κ1) is 16.0. The van der Waals surface area contributed by atoms with E-state index in [1.807, 2.05) is 18.2 Å². The van der Waals surface area contributed by atoms with E-state index < -0.39 is 0 Å². The molecule has 130 valence electrons. The summed E-state index contributed by atoms with van der Waals surface area (Å²) in [5.41, 5.74) is 1.35. The zero-order chi connectivity index (χ0) is 17.3. The number of cyclic esters (lactones) is 1. The lowest BCUT2D eigenvalue weighted by molar-refractivity contribution is -0.142. The van der Waals surface area contributed by atoms with E-state index in [2.05, 4.69) is 4.98 Å². The van der Waals surface area contributed by atoms with E-state index in [1.54, 1.807) is 23.0 Å². The topological polar surface area (TPSA) is 70.4 Å². The SMILES string of the molecule is O=C1CC2(CCOCC2)C(Cn2cc(-c3ccccn3)ccc2=O)O1. The van der Waals surface area contributed by atoms with Crippen LogP contribution in [0.4, 0.5) is 0 Å². The van der Waals surface area contributed by atoms with Crippen LogP contribution in [0, 0.1) is 5.41 Å². The average molecular weight is 340 g/mol. The van der Waals surface area contributed by atoms with Crippen molar-refractivity contribution < 1.29 is 14.3 Å². The van der Waals surface area contributed by atoms with Crippen LogP contribution in [0.25, 0.3) is 11.3 Å². The van der Waals surface area contributed by atoms with Gasteiger partial charge >= 0.3 is 5.97 Å². The Kier molecular flexibility index (Phi) is 4.13. The Bertz CT molecular complexity index is 825. The van der Waals surface area contributed by atoms with Crippen molar-refractivity contribution in [3.05, 3.63) is 53.1 Å². The van der Waals surface area contributed by atoms with Crippen molar-refractivity contribution in [3.8, 4) is 11.3 Å². The van der Waals surface area contributed by atoms with E-state index in [0.717, 1.165) is 24.1 Å². The van der Waals surface area contributed by atoms with Crippen molar-refractivity contribution in [1.82, 2.24) is 9.55 Å². The molecule has 0 N–H and O–H groups in total. The predicted octanol–water partition coefficient (Wildman–Crippen LogP) is 2.02. The fourth-order valence-electron chi connectivity index (χ4n) is 3.77. The lowest BCUT2D eigenvalue weighted by atomic mass is 9.74. The molecule has 2 aromatic heterocycles. The summed E-state index contributed by atoms with van der Waals surface area (Å²) in [4.78, 5) is 28.6. The van der Waals surface area contributed by atoms with Crippen LogP contribution in [-0.4, -0.2) is 34.8 Å². The lowest BCUT2D eigenvalue weighted by Gasteiger charge is -2.36. The summed E-state index contributed by atoms with van der Waals surface area (Å²) < 4.78 is 12.7. The number of hydrogen-bond acceptors (Lipinski definition) is 5. The van der Waals surface area contributed by atoms with Crippen LogP contribution in [0.2, 0.25) is 0 Å². The summed E-state index contributed by atoms with van der Waals surface area (Å²) in [5, 5.41) is 0. The quantitative estimate of drug-likeness (QED) is 0.800. The second kappa shape index (κ2) is 6.44. The van der Waals surface area contributed by atoms with Gasteiger partial charge in [-0.3, -0.25) is 14.6 Å². The number of hydrogen-bond donors (Lipinski definition) is 0. The molecule has 2 saturated heterocycles. The van der Waals surface area contributed by atoms with E-state index in [9.17, 15) is 9.59 Å². The van der Waals surface area contributed by atoms with Gasteiger partial charge in [0.15, 0.2) is 0 Å². The molecule has 0 bridgehead atoms. The Hall–Kier alpha value is -2.47. The first-order valence-corrected chi connectivity index (χ1v) is 8.55. The highest BCUT2D eigenvalue weighted by Crippen LogP contribution is 2.44. The molecular formula is C19H20N2O4. The van der Waals surface area contributed by atoms with Crippen LogP contribution < -0.4 is 5.56 Å². The van der Waals surface area contributed by atoms with Gasteiger partial charge in [-0.1, -0.05) is 6.07 Å². The van der Waals surface area contributed by atoms with Gasteiger partial charge in [0.05, 0.1) is 18.7 Å². The Morgan fingerprint density at radius 2 is 2.00 bits per heavy atom. The van der Waals surface area contributed by atoms with Crippen molar-refractivity contribution >= 4 is 5.97 Å². The standard InChI is InChI=1S/C19H20N2O4/c22-17-5-4-14(15-3-1-2-8-20-15)12-21(17)13-16-19(11-18(23)25-16)6-9-24-10-7-19/h1-5,8,12,16H,6-7,9-11,13H2. The van der Waals surface area contributed by atoms with Gasteiger partial charge in [0.25, 0.3) is 5.56 Å². The molecular weight excluding hydrogens is 320 g/mol. The molecule has 0 aliphatic carbocycles. The van der Waals surface area contributed by atoms with Crippen LogP contribution in [0.5, 0.6) is 0 Å². The minimum atomic E-state index is -0.291. The predicted molar refractivity (Wildman–Crippen MR) is 90.9 cm³/mol. The Morgan fingerprint density at radius 1 is 1.16 bits per heavy atom. The van der Waals surface area contributed by atoms with Crippen LogP contribution in [0.3, 0.4) is 0 Å². The van der Waals surface area contributed by atoms with Crippen LogP contribution in [-0.2, 0) is 20.8 Å². The lowest BCUT2D eigenvalue weighted by Crippen LogP contribution is -2.40. The molecule has 0 amide bonds. The summed E-state index contributed by atoms with van der Waals surface area (Å²) in [6.07, 6.45) is 5.22. The van der Waals surface area contributed by atoms with E-state index >= 15 is 0 Å². The average Bonchev–Trinajstić information content (AvgIpc) is 2.92. The van der Waals surface area contributed by atoms with E-state index in [4.69, 9.17) is 9.47 Å². The number of aromatic nitrogens is 2. The molecule has 0 aromatic carbocycles. The van der Waals surface area contributed by atoms with Gasteiger partial charge in [0, 0.05) is 42.7 Å². The van der Waals surface area contributed by atoms with Crippen LogP contribution in [0.1, 0.15) is 19.3 Å². The number of pyridine rings is 2. The Balaban J connectivity index is 1.64. The van der Waals surface area contributed by atoms with Gasteiger partial charge in [0.1, 0.15) is 6.10 Å². The summed E-state index contributed by atoms with van der Waals surface area (Å²) in [5.74, 6) is -0.180. The molecule has 0 radical (unpaired) electrons. The Labute approximate surface area is 145 Å². The molecule has 4 rings (SSSR count). The van der Waals surface area contributed by atoms with Gasteiger partial charge in [-0.2, -0.15) is 0 Å². The largest absolute Gasteiger partial charge is 0.460 e. The molecule has 2 aromatic rings. The molecule has 0 saturated carbocycles. The highest BCUT2D eigenvalue weighted by atomic mass is 16.6. The molecule has 6 heteroatoms. The van der Waals surface area contributed by atoms with Gasteiger partial charge in [0.2, 0.25) is 0 Å². The van der Waals surface area contributed by atoms with Crippen molar-refractivity contribution in [2.45, 2.75) is 31.9 Å². The molecule has 25 heavy (non-hydrogen) atoms. The number of carbonyl (C=O) groups is 1. The Morgan fingerprint density at radius 3 is 2.76 bits per heavy atom. The third-order valence-corrected chi connectivity index (χ3v) is 5.25. The molecule has 2 aliphatic rings. The summed E-state index contributed by atoms with van der Waals surface area (Å²) in [7, 11) is 0. The van der Waals surface area contributed by atoms with Crippen LogP contribution in [0.15, 0.2) is 47.5 Å². The maximum atomic E-state index is 12.3. The zero-order valence-corrected chi connectivity index (χ0v) is 13.9. The zero-order valence-electron chi connectivity index (χ0n) is 13.9. The molecule has 2 aliphatic heterocycles. The first-order chi connectivity index (χ1) is 12.2. The fourth-order valence-corrected chi connectivity index (χ4v) is 3.77. The number of carbonyl (C=O) groups excluding carboxylic acids is 1. The summed E-state index contributed by atoms with van der Waals surface area (Å²) in [6.45, 7) is 1.64. The van der Waals surface area contributed by atoms with Crippen molar-refractivity contribution in [3.63, 3.8) is 0 Å². The minimum Gasteiger partial charge on any atom is -0.460 e. The third kappa shape index (κ3) is 3.09. The number of nitrogens with zero attached hydrogens (tertiary/aromatic N) is 2. The van der Waals surface area contributed by atoms with Crippen molar-refractivity contribution in [2.24, 2.45) is 5.41 Å². The molecule has 4 heterocycles. The summed E-state index contributed by atoms with van der Waals surface area (Å²) in [6, 6.07) is 8.98. The van der Waals surface area contributed by atoms with E-state index in [0.29, 0.717) is 26.2 Å². The van der Waals surface area contributed by atoms with Gasteiger partial charge in [-0.05, 0) is 31.0 Å². The number of esters is 1. The second-order valence-corrected chi connectivity index (χ2v) is 6.75. The monoisotopic (exact) mass is 340 g/mol. The normalized spacial score (nSPS) is 22.1. The molecule has 1 atom stereocenters. The summed E-state index contributed by atoms with van der Waals surface area (Å²) >= 11 is 0.